The van der Waals surface area contributed by atoms with E-state index in [1.165, 1.54) is 31.4 Å². The first kappa shape index (κ1) is 29.3. The normalized spacial score (nSPS) is 17.9. The van der Waals surface area contributed by atoms with E-state index in [-0.39, 0.29) is 18.0 Å². The minimum absolute atomic E-state index is 0.0493. The average Bonchev–Trinajstić information content (AvgIpc) is 3.28. The lowest BCUT2D eigenvalue weighted by Crippen LogP contribution is -2.35. The zero-order valence-corrected chi connectivity index (χ0v) is 21.9. The summed E-state index contributed by atoms with van der Waals surface area (Å²) in [7, 11) is -3.23. The van der Waals surface area contributed by atoms with E-state index in [0.29, 0.717) is 36.9 Å². The van der Waals surface area contributed by atoms with Crippen LogP contribution in [0, 0.1) is 0 Å². The smallest absolute Gasteiger partial charge is 0.419 e. The average molecular weight is 591 g/mol. The van der Waals surface area contributed by atoms with Crippen molar-refractivity contribution in [1.29, 1.82) is 0 Å². The predicted molar refractivity (Wildman–Crippen MR) is 133 cm³/mol. The number of benzene rings is 3. The fourth-order valence-electron chi connectivity index (χ4n) is 4.05. The van der Waals surface area contributed by atoms with Crippen LogP contribution in [0.4, 0.5) is 32.0 Å². The van der Waals surface area contributed by atoms with Gasteiger partial charge in [-0.1, -0.05) is 6.07 Å². The monoisotopic (exact) mass is 590 g/mol. The van der Waals surface area contributed by atoms with E-state index < -0.39 is 55.5 Å². The summed E-state index contributed by atoms with van der Waals surface area (Å²) in [5.41, 5.74) is -3.59. The molecule has 0 unspecified atom stereocenters. The minimum Gasteiger partial charge on any atom is -0.497 e. The van der Waals surface area contributed by atoms with Crippen LogP contribution < -0.4 is 24.2 Å². The van der Waals surface area contributed by atoms with Gasteiger partial charge in [-0.15, -0.1) is 0 Å². The molecular weight excluding hydrogens is 566 g/mol. The molecule has 4 rings (SSSR count). The van der Waals surface area contributed by atoms with Crippen LogP contribution in [0.2, 0.25) is 0 Å². The highest BCUT2D eigenvalue weighted by Gasteiger charge is 2.39. The largest absolute Gasteiger partial charge is 0.497 e. The zero-order valence-electron chi connectivity index (χ0n) is 21.1. The molecule has 0 aromatic heterocycles. The molecule has 3 aromatic rings. The first-order chi connectivity index (χ1) is 18.6. The van der Waals surface area contributed by atoms with Gasteiger partial charge in [0.1, 0.15) is 28.6 Å². The van der Waals surface area contributed by atoms with Crippen molar-refractivity contribution in [2.24, 2.45) is 0 Å². The maximum absolute atomic E-state index is 13.7. The Kier molecular flexibility index (Phi) is 7.87. The van der Waals surface area contributed by atoms with E-state index in [1.807, 2.05) is 0 Å². The van der Waals surface area contributed by atoms with Gasteiger partial charge in [0.2, 0.25) is 0 Å². The van der Waals surface area contributed by atoms with E-state index >= 15 is 0 Å². The first-order valence-electron chi connectivity index (χ1n) is 11.8. The van der Waals surface area contributed by atoms with Crippen LogP contribution in [0.3, 0.4) is 0 Å². The topological polar surface area (TPSA) is 85.9 Å². The summed E-state index contributed by atoms with van der Waals surface area (Å²) < 4.78 is 126. The molecule has 7 nitrogen and oxygen atoms in total. The Balaban J connectivity index is 1.69. The van der Waals surface area contributed by atoms with Gasteiger partial charge in [0.15, 0.2) is 0 Å². The van der Waals surface area contributed by atoms with Crippen molar-refractivity contribution in [3.05, 3.63) is 71.8 Å². The molecule has 1 aliphatic heterocycles. The summed E-state index contributed by atoms with van der Waals surface area (Å²) in [4.78, 5) is -0.618. The highest BCUT2D eigenvalue weighted by molar-refractivity contribution is 7.92. The van der Waals surface area contributed by atoms with Gasteiger partial charge in [-0.2, -0.15) is 26.3 Å². The van der Waals surface area contributed by atoms with Gasteiger partial charge in [-0.25, -0.2) is 8.42 Å². The number of sulfonamides is 1. The van der Waals surface area contributed by atoms with E-state index in [1.54, 1.807) is 6.92 Å². The number of nitrogens with one attached hydrogen (secondary N) is 2. The molecule has 0 spiro atoms. The van der Waals surface area contributed by atoms with Gasteiger partial charge in [-0.05, 0) is 49.9 Å². The lowest BCUT2D eigenvalue weighted by molar-refractivity contribution is -0.140. The Bertz CT molecular complexity index is 1490. The van der Waals surface area contributed by atoms with E-state index in [2.05, 4.69) is 10.0 Å². The molecule has 3 aromatic carbocycles. The fraction of sp³-hybridized carbons (Fsp3) is 0.308. The number of rotatable bonds is 8. The molecule has 0 aliphatic carbocycles. The lowest BCUT2D eigenvalue weighted by Gasteiger charge is -2.27. The third kappa shape index (κ3) is 6.73. The second-order valence-electron chi connectivity index (χ2n) is 9.23. The second kappa shape index (κ2) is 10.7. The highest BCUT2D eigenvalue weighted by atomic mass is 32.2. The SMILES string of the molecule is COc1cccc(Oc2cc(S(=O)(=O)Nc3ccc(C(F)(F)F)c(O[C@]4(C)CCNC4)c3)ccc2C(F)(F)F)c1. The molecule has 1 atom stereocenters. The quantitative estimate of drug-likeness (QED) is 0.293. The second-order valence-corrected chi connectivity index (χ2v) is 10.9. The van der Waals surface area contributed by atoms with E-state index in [4.69, 9.17) is 14.2 Å². The van der Waals surface area contributed by atoms with E-state index in [0.717, 1.165) is 18.2 Å². The molecule has 1 saturated heterocycles. The molecule has 2 N–H and O–H groups in total. The third-order valence-electron chi connectivity index (χ3n) is 6.06. The molecule has 0 amide bonds. The van der Waals surface area contributed by atoms with Crippen LogP contribution in [0.1, 0.15) is 24.5 Å². The van der Waals surface area contributed by atoms with Gasteiger partial charge in [0, 0.05) is 31.2 Å². The molecule has 0 bridgehead atoms. The van der Waals surface area contributed by atoms with Gasteiger partial charge >= 0.3 is 12.4 Å². The Morgan fingerprint density at radius 1 is 0.875 bits per heavy atom. The van der Waals surface area contributed by atoms with Gasteiger partial charge in [0.25, 0.3) is 10.0 Å². The van der Waals surface area contributed by atoms with Crippen molar-refractivity contribution in [3.63, 3.8) is 0 Å². The summed E-state index contributed by atoms with van der Waals surface area (Å²) in [5.74, 6) is -1.15. The maximum atomic E-state index is 13.7. The lowest BCUT2D eigenvalue weighted by atomic mass is 10.1. The molecule has 1 aliphatic rings. The Hall–Kier alpha value is -3.65. The number of alkyl halides is 6. The van der Waals surface area contributed by atoms with Gasteiger partial charge < -0.3 is 19.5 Å². The highest BCUT2D eigenvalue weighted by Crippen LogP contribution is 2.42. The molecule has 0 saturated carbocycles. The molecule has 0 radical (unpaired) electrons. The number of hydrogen-bond acceptors (Lipinski definition) is 6. The van der Waals surface area contributed by atoms with Crippen LogP contribution in [-0.2, 0) is 22.4 Å². The van der Waals surface area contributed by atoms with E-state index in [9.17, 15) is 34.8 Å². The zero-order chi connectivity index (χ0) is 29.3. The van der Waals surface area contributed by atoms with Crippen LogP contribution in [0.5, 0.6) is 23.0 Å². The van der Waals surface area contributed by atoms with Crippen molar-refractivity contribution in [3.8, 4) is 23.0 Å². The summed E-state index contributed by atoms with van der Waals surface area (Å²) >= 11 is 0. The molecule has 1 heterocycles. The Morgan fingerprint density at radius 3 is 2.15 bits per heavy atom. The van der Waals surface area contributed by atoms with Crippen LogP contribution in [-0.4, -0.2) is 34.2 Å². The minimum atomic E-state index is -4.88. The summed E-state index contributed by atoms with van der Waals surface area (Å²) in [6, 6.07) is 10.1. The number of ether oxygens (including phenoxy) is 3. The standard InChI is InChI=1S/C26H24F6N2O5S/c1-24(10-11-33-15-24)39-23-12-16(6-8-21(23)26(30,31)32)34-40(35,36)19-7-9-20(25(27,28)29)22(14-19)38-18-5-3-4-17(13-18)37-2/h3-9,12-14,33-34H,10-11,15H2,1-2H3/t24-/m1/s1. The van der Waals surface area contributed by atoms with Gasteiger partial charge in [0.05, 0.1) is 28.8 Å². The Labute approximate surface area is 226 Å². The van der Waals surface area contributed by atoms with Crippen molar-refractivity contribution in [2.45, 2.75) is 36.2 Å². The molecular formula is C26H24F6N2O5S. The number of anilines is 1. The van der Waals surface area contributed by atoms with Gasteiger partial charge in [-0.3, -0.25) is 4.72 Å². The number of methoxy groups -OCH3 is 1. The fourth-order valence-corrected chi connectivity index (χ4v) is 5.11. The summed E-state index contributed by atoms with van der Waals surface area (Å²) in [6.07, 6.45) is -9.24. The maximum Gasteiger partial charge on any atom is 0.419 e. The molecule has 40 heavy (non-hydrogen) atoms. The first-order valence-corrected chi connectivity index (χ1v) is 13.2. The Morgan fingerprint density at radius 2 is 1.52 bits per heavy atom. The number of hydrogen-bond donors (Lipinski definition) is 2. The predicted octanol–water partition coefficient (Wildman–Crippen LogP) is 6.46. The third-order valence-corrected chi connectivity index (χ3v) is 7.44. The van der Waals surface area contributed by atoms with Crippen molar-refractivity contribution in [1.82, 2.24) is 5.32 Å². The van der Waals surface area contributed by atoms with Crippen molar-refractivity contribution in [2.75, 3.05) is 24.9 Å². The van der Waals surface area contributed by atoms with Crippen molar-refractivity contribution >= 4 is 15.7 Å². The molecule has 14 heteroatoms. The number of halogens is 6. The van der Waals surface area contributed by atoms with Crippen LogP contribution in [0.15, 0.2) is 65.6 Å². The molecule has 1 fully saturated rings. The van der Waals surface area contributed by atoms with Crippen LogP contribution in [0.25, 0.3) is 0 Å². The summed E-state index contributed by atoms with van der Waals surface area (Å²) in [6.45, 7) is 2.43. The summed E-state index contributed by atoms with van der Waals surface area (Å²) in [5, 5.41) is 2.99. The molecule has 216 valence electrons. The van der Waals surface area contributed by atoms with Crippen LogP contribution >= 0.6 is 0 Å². The van der Waals surface area contributed by atoms with Crippen molar-refractivity contribution < 1.29 is 49.0 Å².